The van der Waals surface area contributed by atoms with Crippen LogP contribution in [0.4, 0.5) is 0 Å². The van der Waals surface area contributed by atoms with Crippen molar-refractivity contribution in [2.75, 3.05) is 13.1 Å². The molecule has 3 heteroatoms. The summed E-state index contributed by atoms with van der Waals surface area (Å²) in [6.45, 7) is 4.78. The smallest absolute Gasteiger partial charge is 0.0822 e. The molecule has 1 atom stereocenters. The van der Waals surface area contributed by atoms with Gasteiger partial charge in [0.2, 0.25) is 0 Å². The van der Waals surface area contributed by atoms with E-state index in [0.29, 0.717) is 6.04 Å². The van der Waals surface area contributed by atoms with E-state index in [9.17, 15) is 0 Å². The third kappa shape index (κ3) is 2.20. The molecule has 2 nitrogen and oxygen atoms in total. The van der Waals surface area contributed by atoms with Gasteiger partial charge in [0.1, 0.15) is 0 Å². The van der Waals surface area contributed by atoms with Gasteiger partial charge < -0.3 is 4.98 Å². The van der Waals surface area contributed by atoms with E-state index in [2.05, 4.69) is 44.9 Å². The molecule has 1 fully saturated rings. The lowest BCUT2D eigenvalue weighted by atomic mass is 10.1. The van der Waals surface area contributed by atoms with Crippen LogP contribution in [0, 0.1) is 0 Å². The van der Waals surface area contributed by atoms with Crippen LogP contribution >= 0.6 is 15.9 Å². The number of hydrogen-bond acceptors (Lipinski definition) is 1. The molecule has 0 saturated carbocycles. The zero-order valence-electron chi connectivity index (χ0n) is 8.59. The molecule has 78 valence electrons. The summed E-state index contributed by atoms with van der Waals surface area (Å²) in [5, 5.41) is 0. The Hall–Kier alpha value is -0.280. The molecule has 0 radical (unpaired) electrons. The number of piperidine rings is 1. The summed E-state index contributed by atoms with van der Waals surface area (Å²) in [6.07, 6.45) is 4.11. The van der Waals surface area contributed by atoms with Crippen molar-refractivity contribution in [3.05, 3.63) is 22.4 Å². The molecule has 1 saturated heterocycles. The maximum Gasteiger partial charge on any atom is 0.0822 e. The third-order valence-electron chi connectivity index (χ3n) is 3.06. The lowest BCUT2D eigenvalue weighted by Gasteiger charge is -2.31. The number of aromatic amines is 1. The van der Waals surface area contributed by atoms with Crippen LogP contribution in [0.5, 0.6) is 0 Å². The normalized spacial score (nSPS) is 21.0. The minimum Gasteiger partial charge on any atom is -0.352 e. The van der Waals surface area contributed by atoms with Crippen LogP contribution in [-0.4, -0.2) is 23.0 Å². The van der Waals surface area contributed by atoms with E-state index in [0.717, 1.165) is 4.60 Å². The van der Waals surface area contributed by atoms with Gasteiger partial charge in [0.05, 0.1) is 4.60 Å². The summed E-state index contributed by atoms with van der Waals surface area (Å²) in [7, 11) is 0. The predicted molar refractivity (Wildman–Crippen MR) is 62.3 cm³/mol. The second kappa shape index (κ2) is 4.49. The van der Waals surface area contributed by atoms with Crippen molar-refractivity contribution >= 4 is 15.9 Å². The van der Waals surface area contributed by atoms with E-state index in [1.165, 1.54) is 38.0 Å². The minimum absolute atomic E-state index is 0.529. The van der Waals surface area contributed by atoms with E-state index >= 15 is 0 Å². The Labute approximate surface area is 93.8 Å². The Balaban J connectivity index is 2.03. The molecular formula is C11H17BrN2. The molecule has 2 rings (SSSR count). The molecule has 1 aromatic heterocycles. The van der Waals surface area contributed by atoms with Crippen LogP contribution in [0.15, 0.2) is 16.7 Å². The van der Waals surface area contributed by atoms with Crippen LogP contribution in [0.3, 0.4) is 0 Å². The van der Waals surface area contributed by atoms with E-state index in [-0.39, 0.29) is 0 Å². The van der Waals surface area contributed by atoms with Crippen molar-refractivity contribution < 1.29 is 0 Å². The lowest BCUT2D eigenvalue weighted by Crippen LogP contribution is -2.32. The Bertz CT molecular complexity index is 289. The Kier molecular flexibility index (Phi) is 3.29. The van der Waals surface area contributed by atoms with Crippen LogP contribution in [0.25, 0.3) is 0 Å². The average Bonchev–Trinajstić information content (AvgIpc) is 2.65. The second-order valence-electron chi connectivity index (χ2n) is 4.03. The van der Waals surface area contributed by atoms with Crippen molar-refractivity contribution in [1.29, 1.82) is 0 Å². The monoisotopic (exact) mass is 256 g/mol. The van der Waals surface area contributed by atoms with Crippen molar-refractivity contribution in [2.45, 2.75) is 32.2 Å². The molecule has 1 aromatic rings. The van der Waals surface area contributed by atoms with Crippen molar-refractivity contribution in [2.24, 2.45) is 0 Å². The number of nitrogens with zero attached hydrogens (tertiary/aromatic N) is 1. The van der Waals surface area contributed by atoms with Gasteiger partial charge in [0.25, 0.3) is 0 Å². The van der Waals surface area contributed by atoms with Crippen LogP contribution in [-0.2, 0) is 0 Å². The van der Waals surface area contributed by atoms with Gasteiger partial charge in [-0.25, -0.2) is 0 Å². The van der Waals surface area contributed by atoms with Crippen molar-refractivity contribution in [3.63, 3.8) is 0 Å². The van der Waals surface area contributed by atoms with Gasteiger partial charge >= 0.3 is 0 Å². The van der Waals surface area contributed by atoms with E-state index in [1.807, 2.05) is 0 Å². The van der Waals surface area contributed by atoms with E-state index < -0.39 is 0 Å². The Morgan fingerprint density at radius 3 is 2.57 bits per heavy atom. The summed E-state index contributed by atoms with van der Waals surface area (Å²) in [6, 6.07) is 4.78. The van der Waals surface area contributed by atoms with Gasteiger partial charge in [-0.3, -0.25) is 4.90 Å². The van der Waals surface area contributed by atoms with Gasteiger partial charge in [-0.15, -0.1) is 0 Å². The summed E-state index contributed by atoms with van der Waals surface area (Å²) in [5.74, 6) is 0. The molecule has 0 aliphatic carbocycles. The maximum atomic E-state index is 3.45. The summed E-state index contributed by atoms with van der Waals surface area (Å²) in [4.78, 5) is 5.91. The third-order valence-corrected chi connectivity index (χ3v) is 3.52. The van der Waals surface area contributed by atoms with E-state index in [4.69, 9.17) is 0 Å². The summed E-state index contributed by atoms with van der Waals surface area (Å²) < 4.78 is 1.08. The molecule has 1 N–H and O–H groups in total. The standard InChI is InChI=1S/C11H17BrN2/c1-9(10-5-6-11(12)13-10)14-7-3-2-4-8-14/h5-6,9,13H,2-4,7-8H2,1H3. The molecule has 1 unspecified atom stereocenters. The quantitative estimate of drug-likeness (QED) is 0.861. The average molecular weight is 257 g/mol. The molecule has 0 spiro atoms. The second-order valence-corrected chi connectivity index (χ2v) is 4.89. The number of aromatic nitrogens is 1. The fraction of sp³-hybridized carbons (Fsp3) is 0.636. The van der Waals surface area contributed by atoms with Gasteiger partial charge in [-0.1, -0.05) is 6.42 Å². The lowest BCUT2D eigenvalue weighted by molar-refractivity contribution is 0.172. The summed E-state index contributed by atoms with van der Waals surface area (Å²) >= 11 is 3.45. The first-order valence-corrected chi connectivity index (χ1v) is 6.15. The molecule has 2 heterocycles. The molecule has 14 heavy (non-hydrogen) atoms. The van der Waals surface area contributed by atoms with Crippen molar-refractivity contribution in [3.8, 4) is 0 Å². The van der Waals surface area contributed by atoms with Gasteiger partial charge in [0.15, 0.2) is 0 Å². The fourth-order valence-electron chi connectivity index (χ4n) is 2.13. The van der Waals surface area contributed by atoms with E-state index in [1.54, 1.807) is 0 Å². The highest BCUT2D eigenvalue weighted by Gasteiger charge is 2.18. The van der Waals surface area contributed by atoms with Crippen LogP contribution in [0.2, 0.25) is 0 Å². The largest absolute Gasteiger partial charge is 0.352 e. The summed E-state index contributed by atoms with van der Waals surface area (Å²) in [5.41, 5.74) is 1.32. The number of rotatable bonds is 2. The first-order valence-electron chi connectivity index (χ1n) is 5.36. The van der Waals surface area contributed by atoms with Gasteiger partial charge in [0, 0.05) is 11.7 Å². The molecule has 0 bridgehead atoms. The molecule has 0 amide bonds. The number of nitrogens with one attached hydrogen (secondary N) is 1. The predicted octanol–water partition coefficient (Wildman–Crippen LogP) is 3.32. The highest BCUT2D eigenvalue weighted by Crippen LogP contribution is 2.24. The number of likely N-dealkylation sites (tertiary alicyclic amines) is 1. The van der Waals surface area contributed by atoms with Gasteiger partial charge in [-0.2, -0.15) is 0 Å². The van der Waals surface area contributed by atoms with Crippen molar-refractivity contribution in [1.82, 2.24) is 9.88 Å². The Morgan fingerprint density at radius 2 is 2.00 bits per heavy atom. The molecule has 0 aromatic carbocycles. The van der Waals surface area contributed by atoms with Crippen LogP contribution in [0.1, 0.15) is 37.9 Å². The first kappa shape index (κ1) is 10.2. The molecule has 1 aliphatic heterocycles. The SMILES string of the molecule is CC(c1ccc(Br)[nH]1)N1CCCCC1. The fourth-order valence-corrected chi connectivity index (χ4v) is 2.49. The van der Waals surface area contributed by atoms with Gasteiger partial charge in [-0.05, 0) is 60.9 Å². The highest BCUT2D eigenvalue weighted by atomic mass is 79.9. The van der Waals surface area contributed by atoms with Crippen LogP contribution < -0.4 is 0 Å². The zero-order valence-corrected chi connectivity index (χ0v) is 10.2. The molecular weight excluding hydrogens is 240 g/mol. The maximum absolute atomic E-state index is 3.45. The number of H-pyrrole nitrogens is 1. The first-order chi connectivity index (χ1) is 6.77. The highest BCUT2D eigenvalue weighted by molar-refractivity contribution is 9.10. The zero-order chi connectivity index (χ0) is 9.97. The number of halogens is 1. The topological polar surface area (TPSA) is 19.0 Å². The molecule has 1 aliphatic rings. The minimum atomic E-state index is 0.529. The number of hydrogen-bond donors (Lipinski definition) is 1. The Morgan fingerprint density at radius 1 is 1.29 bits per heavy atom.